The molecule has 49 heavy (non-hydrogen) atoms. The van der Waals surface area contributed by atoms with Crippen LogP contribution in [0.2, 0.25) is 0 Å². The minimum Gasteiger partial charge on any atom is -0.497 e. The minimum absolute atomic E-state index is 0.117. The van der Waals surface area contributed by atoms with Crippen LogP contribution in [-0.2, 0) is 38.6 Å². The Morgan fingerprint density at radius 3 is 2.57 bits per heavy atom. The number of nitrogens with zero attached hydrogens (tertiary/aromatic N) is 1. The summed E-state index contributed by atoms with van der Waals surface area (Å²) in [5.41, 5.74) is -2.24. The molecule has 0 unspecified atom stereocenters. The predicted octanol–water partition coefficient (Wildman–Crippen LogP) is 1.56. The molecule has 5 atom stereocenters. The molecule has 16 heteroatoms. The fourth-order valence-electron chi connectivity index (χ4n) is 5.98. The third-order valence-corrected chi connectivity index (χ3v) is 10.6. The second-order valence-electron chi connectivity index (χ2n) is 13.8. The number of benzene rings is 1. The summed E-state index contributed by atoms with van der Waals surface area (Å²) >= 11 is 0. The van der Waals surface area contributed by atoms with E-state index in [-0.39, 0.29) is 44.6 Å². The van der Waals surface area contributed by atoms with Gasteiger partial charge in [-0.25, -0.2) is 18.0 Å². The first-order chi connectivity index (χ1) is 23.1. The number of carbonyl (C=O) groups excluding carboxylic acids is 5. The smallest absolute Gasteiger partial charge is 0.408 e. The van der Waals surface area contributed by atoms with Crippen molar-refractivity contribution >= 4 is 39.8 Å². The molecule has 0 radical (unpaired) electrons. The number of amides is 4. The Balaban J connectivity index is 1.43. The summed E-state index contributed by atoms with van der Waals surface area (Å²) in [7, 11) is -2.47. The number of nitrogens with one attached hydrogen (secondary N) is 3. The summed E-state index contributed by atoms with van der Waals surface area (Å²) in [6.07, 6.45) is 3.03. The Kier molecular flexibility index (Phi) is 10.6. The average molecular weight is 705 g/mol. The maximum Gasteiger partial charge on any atom is 0.408 e. The van der Waals surface area contributed by atoms with Gasteiger partial charge in [0.1, 0.15) is 35.1 Å². The van der Waals surface area contributed by atoms with Crippen molar-refractivity contribution in [3.63, 3.8) is 0 Å². The van der Waals surface area contributed by atoms with Crippen LogP contribution >= 0.6 is 0 Å². The molecule has 5 rings (SSSR count). The maximum atomic E-state index is 14.2. The highest BCUT2D eigenvalue weighted by Crippen LogP contribution is 2.46. The van der Waals surface area contributed by atoms with Crippen LogP contribution in [0.1, 0.15) is 69.7 Å². The lowest BCUT2D eigenvalue weighted by Gasteiger charge is -2.30. The fourth-order valence-corrected chi connectivity index (χ4v) is 7.34. The molecule has 3 N–H and O–H groups in total. The molecule has 15 nitrogen and oxygen atoms in total. The van der Waals surface area contributed by atoms with Gasteiger partial charge in [-0.3, -0.25) is 19.1 Å². The van der Waals surface area contributed by atoms with Crippen LogP contribution in [0.15, 0.2) is 36.4 Å². The number of hydrogen-bond donors (Lipinski definition) is 3. The third kappa shape index (κ3) is 8.90. The second-order valence-corrected chi connectivity index (χ2v) is 15.8. The van der Waals surface area contributed by atoms with E-state index < -0.39 is 80.3 Å². The lowest BCUT2D eigenvalue weighted by molar-refractivity contribution is -0.141. The highest BCUT2D eigenvalue weighted by Gasteiger charge is 2.62. The molecule has 268 valence electrons. The van der Waals surface area contributed by atoms with Gasteiger partial charge in [0, 0.05) is 18.9 Å². The molecule has 1 aromatic rings. The van der Waals surface area contributed by atoms with Crippen molar-refractivity contribution in [2.75, 3.05) is 26.9 Å². The Morgan fingerprint density at radius 1 is 1.12 bits per heavy atom. The summed E-state index contributed by atoms with van der Waals surface area (Å²) in [6.45, 7) is 5.27. The van der Waals surface area contributed by atoms with Gasteiger partial charge in [0.2, 0.25) is 21.8 Å². The zero-order valence-corrected chi connectivity index (χ0v) is 28.9. The lowest BCUT2D eigenvalue weighted by Crippen LogP contribution is -2.58. The molecule has 2 heterocycles. The van der Waals surface area contributed by atoms with Crippen molar-refractivity contribution in [3.05, 3.63) is 42.0 Å². The van der Waals surface area contributed by atoms with Crippen molar-refractivity contribution in [1.82, 2.24) is 20.3 Å². The third-order valence-electron chi connectivity index (χ3n) is 8.74. The SMILES string of the molecule is COc1cccc(C(=O)O[C@@H]2C[C@H]3C(=O)N[C@]4(C(=O)NS(=O)(=O)C5CC5)C[C@H]4C=CCOCCC[C@H](NC(=O)OC(C)(C)C)C(=O)N3C2)c1. The fraction of sp³-hybridized carbons (Fsp3) is 0.606. The number of sulfonamides is 1. The monoisotopic (exact) mass is 704 g/mol. The standard InChI is InChI=1S/C33H44N4O11S/c1-32(2,3)48-31(42)34-25-11-7-15-46-14-6-9-21-18-33(21,30(41)36-49(43,44)24-12-13-24)35-27(38)26-17-23(19-37(26)28(25)39)47-29(40)20-8-5-10-22(16-20)45-4/h5-6,8-10,16,21,23-26H,7,11-15,17-19H2,1-4H3,(H,34,42)(H,35,38)(H,36,41)/t21-,23-,25+,26+,33-/m1/s1. The second kappa shape index (κ2) is 14.4. The number of hydrogen-bond acceptors (Lipinski definition) is 11. The van der Waals surface area contributed by atoms with Gasteiger partial charge in [0.15, 0.2) is 0 Å². The first-order valence-electron chi connectivity index (χ1n) is 16.4. The lowest BCUT2D eigenvalue weighted by atomic mass is 10.1. The van der Waals surface area contributed by atoms with E-state index in [9.17, 15) is 32.4 Å². The largest absolute Gasteiger partial charge is 0.497 e. The van der Waals surface area contributed by atoms with E-state index >= 15 is 0 Å². The molecule has 0 spiro atoms. The molecular weight excluding hydrogens is 660 g/mol. The molecule has 0 aromatic heterocycles. The van der Waals surface area contributed by atoms with Crippen molar-refractivity contribution in [3.8, 4) is 5.75 Å². The van der Waals surface area contributed by atoms with Crippen LogP contribution < -0.4 is 20.1 Å². The molecule has 2 aliphatic carbocycles. The minimum atomic E-state index is -3.93. The zero-order valence-electron chi connectivity index (χ0n) is 28.1. The van der Waals surface area contributed by atoms with Gasteiger partial charge in [-0.2, -0.15) is 0 Å². The molecule has 0 bridgehead atoms. The molecule has 3 fully saturated rings. The van der Waals surface area contributed by atoms with Crippen LogP contribution in [0.4, 0.5) is 4.79 Å². The first-order valence-corrected chi connectivity index (χ1v) is 17.9. The molecular formula is C33H44N4O11S. The van der Waals surface area contributed by atoms with Gasteiger partial charge < -0.3 is 34.5 Å². The number of esters is 1. The summed E-state index contributed by atoms with van der Waals surface area (Å²) in [5, 5.41) is 4.70. The van der Waals surface area contributed by atoms with E-state index in [1.165, 1.54) is 18.1 Å². The quantitative estimate of drug-likeness (QED) is 0.275. The van der Waals surface area contributed by atoms with Crippen molar-refractivity contribution in [1.29, 1.82) is 0 Å². The van der Waals surface area contributed by atoms with Crippen LogP contribution in [0.3, 0.4) is 0 Å². The van der Waals surface area contributed by atoms with Gasteiger partial charge in [-0.1, -0.05) is 18.2 Å². The highest BCUT2D eigenvalue weighted by molar-refractivity contribution is 7.91. The Bertz CT molecular complexity index is 1600. The van der Waals surface area contributed by atoms with Crippen molar-refractivity contribution < 1.29 is 51.3 Å². The summed E-state index contributed by atoms with van der Waals surface area (Å²) in [5.74, 6) is -3.02. The average Bonchev–Trinajstić information content (AvgIpc) is 3.95. The van der Waals surface area contributed by atoms with Crippen LogP contribution in [-0.4, -0.2) is 105 Å². The van der Waals surface area contributed by atoms with Crippen molar-refractivity contribution in [2.45, 2.75) is 93.9 Å². The molecule has 1 aromatic carbocycles. The van der Waals surface area contributed by atoms with E-state index in [1.54, 1.807) is 51.1 Å². The first kappa shape index (κ1) is 36.1. The van der Waals surface area contributed by atoms with E-state index in [0.29, 0.717) is 25.0 Å². The van der Waals surface area contributed by atoms with Gasteiger partial charge >= 0.3 is 12.1 Å². The van der Waals surface area contributed by atoms with Gasteiger partial charge in [0.05, 0.1) is 31.1 Å². The van der Waals surface area contributed by atoms with Crippen LogP contribution in [0.25, 0.3) is 0 Å². The number of carbonyl (C=O) groups is 5. The zero-order chi connectivity index (χ0) is 35.6. The van der Waals surface area contributed by atoms with Gasteiger partial charge in [-0.05, 0) is 71.1 Å². The molecule has 1 saturated heterocycles. The van der Waals surface area contributed by atoms with E-state index in [1.807, 2.05) is 0 Å². The van der Waals surface area contributed by atoms with E-state index in [2.05, 4.69) is 15.4 Å². The Labute approximate surface area is 285 Å². The normalized spacial score (nSPS) is 27.7. The summed E-state index contributed by atoms with van der Waals surface area (Å²) in [6, 6.07) is 3.97. The molecule has 2 saturated carbocycles. The Hall–Kier alpha value is -4.18. The van der Waals surface area contributed by atoms with E-state index in [4.69, 9.17) is 18.9 Å². The van der Waals surface area contributed by atoms with Gasteiger partial charge in [0.25, 0.3) is 5.91 Å². The van der Waals surface area contributed by atoms with Gasteiger partial charge in [-0.15, -0.1) is 0 Å². The number of alkyl carbamates (subject to hydrolysis) is 1. The van der Waals surface area contributed by atoms with E-state index in [0.717, 1.165) is 0 Å². The number of fused-ring (bicyclic) bond motifs is 2. The molecule has 4 amide bonds. The van der Waals surface area contributed by atoms with Crippen LogP contribution in [0, 0.1) is 5.92 Å². The topological polar surface area (TPSA) is 196 Å². The van der Waals surface area contributed by atoms with Crippen LogP contribution in [0.5, 0.6) is 5.75 Å². The summed E-state index contributed by atoms with van der Waals surface area (Å²) in [4.78, 5) is 68.9. The number of methoxy groups -OCH3 is 1. The number of ether oxygens (including phenoxy) is 4. The van der Waals surface area contributed by atoms with Crippen molar-refractivity contribution in [2.24, 2.45) is 5.92 Å². The molecule has 4 aliphatic rings. The predicted molar refractivity (Wildman–Crippen MR) is 174 cm³/mol. The maximum absolute atomic E-state index is 14.2. The summed E-state index contributed by atoms with van der Waals surface area (Å²) < 4.78 is 49.6. The molecule has 2 aliphatic heterocycles. The number of rotatable bonds is 7. The highest BCUT2D eigenvalue weighted by atomic mass is 32.2. The Morgan fingerprint density at radius 2 is 1.88 bits per heavy atom.